The zero-order valence-electron chi connectivity index (χ0n) is 9.04. The van der Waals surface area contributed by atoms with Crippen LogP contribution in [-0.2, 0) is 0 Å². The van der Waals surface area contributed by atoms with E-state index in [4.69, 9.17) is 32.7 Å². The summed E-state index contributed by atoms with van der Waals surface area (Å²) in [5, 5.41) is 1.04. The molecule has 0 fully saturated rings. The fourth-order valence-electron chi connectivity index (χ4n) is 1.31. The first kappa shape index (κ1) is 12.1. The molecular weight excluding hydrogens is 259 g/mol. The standard InChI is InChI=1S/C13H9Cl2O2/c1-16-13-8-9(6-7-11(13)15)17-12-5-3-2-4-10(12)14/h3-8H,1H3. The van der Waals surface area contributed by atoms with Crippen molar-refractivity contribution < 1.29 is 9.47 Å². The third-order valence-corrected chi connectivity index (χ3v) is 2.73. The van der Waals surface area contributed by atoms with Crippen LogP contribution in [0.15, 0.2) is 36.4 Å². The minimum Gasteiger partial charge on any atom is -0.495 e. The van der Waals surface area contributed by atoms with E-state index in [1.807, 2.05) is 0 Å². The van der Waals surface area contributed by atoms with Gasteiger partial charge in [0, 0.05) is 6.07 Å². The maximum Gasteiger partial charge on any atom is 0.146 e. The minimum atomic E-state index is 0.501. The Bertz CT molecular complexity index is 527. The second kappa shape index (κ2) is 5.30. The van der Waals surface area contributed by atoms with E-state index < -0.39 is 0 Å². The minimum absolute atomic E-state index is 0.501. The molecule has 2 aromatic carbocycles. The third-order valence-electron chi connectivity index (χ3n) is 2.13. The molecule has 0 aliphatic rings. The summed E-state index contributed by atoms with van der Waals surface area (Å²) in [6.07, 6.45) is 0. The van der Waals surface area contributed by atoms with Crippen molar-refractivity contribution in [3.8, 4) is 17.2 Å². The molecule has 0 N–H and O–H groups in total. The van der Waals surface area contributed by atoms with Crippen LogP contribution >= 0.6 is 23.2 Å². The van der Waals surface area contributed by atoms with E-state index in [-0.39, 0.29) is 0 Å². The second-order valence-electron chi connectivity index (χ2n) is 3.25. The Kier molecular flexibility index (Phi) is 3.77. The van der Waals surface area contributed by atoms with Crippen LogP contribution in [0.2, 0.25) is 10.0 Å². The molecule has 87 valence electrons. The molecule has 0 spiro atoms. The van der Waals surface area contributed by atoms with Crippen molar-refractivity contribution >= 4 is 23.2 Å². The van der Waals surface area contributed by atoms with Crippen LogP contribution in [0.1, 0.15) is 0 Å². The molecule has 0 saturated carbocycles. The van der Waals surface area contributed by atoms with E-state index in [2.05, 4.69) is 6.07 Å². The van der Waals surface area contributed by atoms with Gasteiger partial charge in [-0.25, -0.2) is 0 Å². The predicted octanol–water partition coefficient (Wildman–Crippen LogP) is 4.59. The third kappa shape index (κ3) is 2.84. The fourth-order valence-corrected chi connectivity index (χ4v) is 1.67. The van der Waals surface area contributed by atoms with E-state index in [9.17, 15) is 0 Å². The summed E-state index contributed by atoms with van der Waals surface area (Å²) in [6.45, 7) is 0. The quantitative estimate of drug-likeness (QED) is 0.810. The van der Waals surface area contributed by atoms with Crippen LogP contribution in [0, 0.1) is 6.07 Å². The van der Waals surface area contributed by atoms with Crippen LogP contribution in [0.5, 0.6) is 17.2 Å². The smallest absolute Gasteiger partial charge is 0.146 e. The van der Waals surface area contributed by atoms with Crippen molar-refractivity contribution in [2.75, 3.05) is 7.11 Å². The van der Waals surface area contributed by atoms with Gasteiger partial charge in [0.15, 0.2) is 0 Å². The van der Waals surface area contributed by atoms with Gasteiger partial charge in [0.1, 0.15) is 17.2 Å². The normalized spacial score (nSPS) is 10.1. The average molecular weight is 268 g/mol. The van der Waals surface area contributed by atoms with Crippen molar-refractivity contribution in [2.24, 2.45) is 0 Å². The van der Waals surface area contributed by atoms with Crippen LogP contribution in [0.4, 0.5) is 0 Å². The number of halogens is 2. The predicted molar refractivity (Wildman–Crippen MR) is 68.4 cm³/mol. The molecule has 2 rings (SSSR count). The van der Waals surface area contributed by atoms with E-state index >= 15 is 0 Å². The van der Waals surface area contributed by atoms with Crippen LogP contribution in [-0.4, -0.2) is 7.11 Å². The number of ether oxygens (including phenoxy) is 2. The molecular formula is C13H9Cl2O2. The highest BCUT2D eigenvalue weighted by Gasteiger charge is 2.05. The van der Waals surface area contributed by atoms with E-state index in [1.54, 1.807) is 43.5 Å². The Balaban J connectivity index is 2.28. The van der Waals surface area contributed by atoms with Gasteiger partial charge in [-0.05, 0) is 30.3 Å². The average Bonchev–Trinajstić information content (AvgIpc) is 2.34. The molecule has 2 aromatic rings. The monoisotopic (exact) mass is 267 g/mol. The zero-order chi connectivity index (χ0) is 12.3. The summed E-state index contributed by atoms with van der Waals surface area (Å²) in [5.74, 6) is 1.73. The summed E-state index contributed by atoms with van der Waals surface area (Å²) in [5.41, 5.74) is 0. The lowest BCUT2D eigenvalue weighted by atomic mass is 10.3. The number of hydrogen-bond donors (Lipinski definition) is 0. The van der Waals surface area contributed by atoms with Gasteiger partial charge in [0.05, 0.1) is 17.2 Å². The highest BCUT2D eigenvalue weighted by atomic mass is 35.5. The molecule has 4 heteroatoms. The topological polar surface area (TPSA) is 18.5 Å². The lowest BCUT2D eigenvalue weighted by Gasteiger charge is -2.09. The molecule has 0 unspecified atom stereocenters. The summed E-state index contributed by atoms with van der Waals surface area (Å²) in [4.78, 5) is 0. The summed E-state index contributed by atoms with van der Waals surface area (Å²) < 4.78 is 10.7. The Hall–Kier alpha value is -1.38. The first-order valence-corrected chi connectivity index (χ1v) is 5.63. The molecule has 0 heterocycles. The van der Waals surface area contributed by atoms with Gasteiger partial charge in [-0.1, -0.05) is 29.3 Å². The van der Waals surface area contributed by atoms with E-state index in [0.29, 0.717) is 27.3 Å². The Morgan fingerprint density at radius 1 is 1.06 bits per heavy atom. The van der Waals surface area contributed by atoms with E-state index in [0.717, 1.165) is 0 Å². The van der Waals surface area contributed by atoms with Gasteiger partial charge in [-0.3, -0.25) is 0 Å². The number of benzene rings is 2. The second-order valence-corrected chi connectivity index (χ2v) is 4.07. The van der Waals surface area contributed by atoms with Crippen molar-refractivity contribution in [3.63, 3.8) is 0 Å². The largest absolute Gasteiger partial charge is 0.495 e. The van der Waals surface area contributed by atoms with Gasteiger partial charge in [-0.15, -0.1) is 0 Å². The fraction of sp³-hybridized carbons (Fsp3) is 0.0769. The molecule has 0 aliphatic heterocycles. The highest BCUT2D eigenvalue weighted by molar-refractivity contribution is 6.32. The van der Waals surface area contributed by atoms with Gasteiger partial charge in [0.25, 0.3) is 0 Å². The molecule has 0 aromatic heterocycles. The first-order valence-electron chi connectivity index (χ1n) is 4.87. The van der Waals surface area contributed by atoms with Crippen molar-refractivity contribution in [1.29, 1.82) is 0 Å². The van der Waals surface area contributed by atoms with Crippen LogP contribution in [0.25, 0.3) is 0 Å². The van der Waals surface area contributed by atoms with Gasteiger partial charge >= 0.3 is 0 Å². The van der Waals surface area contributed by atoms with Crippen molar-refractivity contribution in [1.82, 2.24) is 0 Å². The van der Waals surface area contributed by atoms with E-state index in [1.165, 1.54) is 0 Å². The molecule has 0 atom stereocenters. The maximum absolute atomic E-state index is 5.97. The van der Waals surface area contributed by atoms with Crippen molar-refractivity contribution in [2.45, 2.75) is 0 Å². The molecule has 2 nitrogen and oxygen atoms in total. The first-order chi connectivity index (χ1) is 8.20. The van der Waals surface area contributed by atoms with Crippen LogP contribution in [0.3, 0.4) is 0 Å². The molecule has 1 radical (unpaired) electrons. The van der Waals surface area contributed by atoms with Crippen molar-refractivity contribution in [3.05, 3.63) is 52.5 Å². The molecule has 17 heavy (non-hydrogen) atoms. The lowest BCUT2D eigenvalue weighted by molar-refractivity contribution is 0.409. The Labute approximate surface area is 110 Å². The molecule has 0 aliphatic carbocycles. The number of rotatable bonds is 3. The summed E-state index contributed by atoms with van der Waals surface area (Å²) >= 11 is 11.9. The molecule has 0 bridgehead atoms. The Morgan fingerprint density at radius 2 is 1.88 bits per heavy atom. The highest BCUT2D eigenvalue weighted by Crippen LogP contribution is 2.33. The maximum atomic E-state index is 5.97. The van der Waals surface area contributed by atoms with Crippen LogP contribution < -0.4 is 9.47 Å². The number of hydrogen-bond acceptors (Lipinski definition) is 2. The van der Waals surface area contributed by atoms with Gasteiger partial charge in [0.2, 0.25) is 0 Å². The summed E-state index contributed by atoms with van der Waals surface area (Å²) in [7, 11) is 1.55. The summed E-state index contributed by atoms with van der Waals surface area (Å²) in [6, 6.07) is 13.1. The Morgan fingerprint density at radius 3 is 2.59 bits per heavy atom. The van der Waals surface area contributed by atoms with Gasteiger partial charge in [-0.2, -0.15) is 0 Å². The number of methoxy groups -OCH3 is 1. The lowest BCUT2D eigenvalue weighted by Crippen LogP contribution is -1.88. The SMILES string of the molecule is COc1cc(Oc2cc[c]cc2Cl)ccc1Cl. The zero-order valence-corrected chi connectivity index (χ0v) is 10.5. The molecule has 0 amide bonds. The molecule has 0 saturated heterocycles. The van der Waals surface area contributed by atoms with Gasteiger partial charge < -0.3 is 9.47 Å².